The van der Waals surface area contributed by atoms with Crippen molar-refractivity contribution in [2.24, 2.45) is 11.0 Å². The summed E-state index contributed by atoms with van der Waals surface area (Å²) in [5.41, 5.74) is 2.55. The Balaban J connectivity index is 3.08. The number of non-ortho nitro benzene ring substituents is 1. The predicted octanol–water partition coefficient (Wildman–Crippen LogP) is 3.94. The van der Waals surface area contributed by atoms with Crippen LogP contribution in [0, 0.1) is 26.1 Å². The molecular weight excluding hydrogens is 312 g/mol. The molecule has 120 valence electrons. The average Bonchev–Trinajstić information content (AvgIpc) is 2.42. The molecule has 0 aromatic heterocycles. The van der Waals surface area contributed by atoms with Gasteiger partial charge in [-0.3, -0.25) is 25.7 Å². The third kappa shape index (κ3) is 4.39. The van der Waals surface area contributed by atoms with Crippen LogP contribution in [0.2, 0.25) is 0 Å². The second-order valence-corrected chi connectivity index (χ2v) is 6.34. The van der Waals surface area contributed by atoms with Gasteiger partial charge in [-0.2, -0.15) is 5.10 Å². The first-order valence-electron chi connectivity index (χ1n) is 6.46. The van der Waals surface area contributed by atoms with E-state index in [4.69, 9.17) is 11.6 Å². The van der Waals surface area contributed by atoms with E-state index in [1.54, 1.807) is 6.92 Å². The second-order valence-electron chi connectivity index (χ2n) is 5.37. The Morgan fingerprint density at radius 1 is 1.32 bits per heavy atom. The Morgan fingerprint density at radius 2 is 1.91 bits per heavy atom. The lowest BCUT2D eigenvalue weighted by Gasteiger charge is -2.24. The fourth-order valence-electron chi connectivity index (χ4n) is 1.62. The van der Waals surface area contributed by atoms with Crippen molar-refractivity contribution >= 4 is 34.4 Å². The Kier molecular flexibility index (Phi) is 5.43. The summed E-state index contributed by atoms with van der Waals surface area (Å²) in [6, 6.07) is 3.32. The summed E-state index contributed by atoms with van der Waals surface area (Å²) in [6.07, 6.45) is 0. The molecule has 0 saturated carbocycles. The molecule has 8 nitrogen and oxygen atoms in total. The highest BCUT2D eigenvalue weighted by Gasteiger charge is 2.25. The lowest BCUT2D eigenvalue weighted by molar-refractivity contribution is -0.393. The van der Waals surface area contributed by atoms with Crippen molar-refractivity contribution in [1.29, 1.82) is 0 Å². The van der Waals surface area contributed by atoms with Gasteiger partial charge in [0.2, 0.25) is 0 Å². The van der Waals surface area contributed by atoms with Crippen molar-refractivity contribution in [2.75, 3.05) is 5.43 Å². The number of hydrogen-bond acceptors (Lipinski definition) is 6. The third-order valence-corrected chi connectivity index (χ3v) is 3.73. The molecule has 0 aliphatic heterocycles. The summed E-state index contributed by atoms with van der Waals surface area (Å²) in [7, 11) is 0. The number of hydrazone groups is 1. The van der Waals surface area contributed by atoms with Gasteiger partial charge in [-0.25, -0.2) is 0 Å². The van der Waals surface area contributed by atoms with E-state index >= 15 is 0 Å². The van der Waals surface area contributed by atoms with E-state index in [1.807, 2.05) is 20.8 Å². The zero-order chi connectivity index (χ0) is 17.1. The maximum atomic E-state index is 11.0. The van der Waals surface area contributed by atoms with Crippen molar-refractivity contribution in [2.45, 2.75) is 32.6 Å². The Labute approximate surface area is 132 Å². The van der Waals surface area contributed by atoms with Crippen LogP contribution in [0.3, 0.4) is 0 Å². The number of rotatable bonds is 6. The molecule has 0 fully saturated rings. The monoisotopic (exact) mass is 328 g/mol. The van der Waals surface area contributed by atoms with Crippen molar-refractivity contribution < 1.29 is 9.85 Å². The maximum Gasteiger partial charge on any atom is 0.301 e. The van der Waals surface area contributed by atoms with Crippen LogP contribution in [0.25, 0.3) is 0 Å². The van der Waals surface area contributed by atoms with Gasteiger partial charge in [0.15, 0.2) is 0 Å². The first kappa shape index (κ1) is 17.8. The molecule has 22 heavy (non-hydrogen) atoms. The Bertz CT molecular complexity index is 625. The van der Waals surface area contributed by atoms with Gasteiger partial charge in [0, 0.05) is 22.6 Å². The molecule has 1 N–H and O–H groups in total. The lowest BCUT2D eigenvalue weighted by Crippen LogP contribution is -2.28. The number of halogens is 1. The number of alkyl halides is 1. The van der Waals surface area contributed by atoms with Gasteiger partial charge < -0.3 is 0 Å². The van der Waals surface area contributed by atoms with Crippen molar-refractivity contribution in [3.05, 3.63) is 38.4 Å². The quantitative estimate of drug-likeness (QED) is 0.368. The van der Waals surface area contributed by atoms with E-state index in [1.165, 1.54) is 12.1 Å². The minimum atomic E-state index is -0.699. The fraction of sp³-hybridized carbons (Fsp3) is 0.462. The highest BCUT2D eigenvalue weighted by Crippen LogP contribution is 2.30. The van der Waals surface area contributed by atoms with Crippen molar-refractivity contribution in [1.82, 2.24) is 0 Å². The standard InChI is InChI=1S/C13H17ClN4O4/c1-8(13(3,4)14)9(2)15-16-11-6-5-10(17(19)20)7-12(11)18(21)22/h5-8,16H,1-4H3. The molecule has 0 aliphatic carbocycles. The van der Waals surface area contributed by atoms with Crippen LogP contribution in [-0.4, -0.2) is 20.4 Å². The number of nitro benzene ring substituents is 2. The maximum absolute atomic E-state index is 11.0. The van der Waals surface area contributed by atoms with E-state index in [0.717, 1.165) is 6.07 Å². The number of anilines is 1. The minimum Gasteiger partial charge on any atom is -0.272 e. The molecule has 1 atom stereocenters. The minimum absolute atomic E-state index is 0.0706. The second kappa shape index (κ2) is 6.69. The lowest BCUT2D eigenvalue weighted by atomic mass is 9.93. The summed E-state index contributed by atoms with van der Waals surface area (Å²) in [5.74, 6) is -0.0706. The van der Waals surface area contributed by atoms with Crippen LogP contribution in [0.1, 0.15) is 27.7 Å². The summed E-state index contributed by atoms with van der Waals surface area (Å²) < 4.78 is 0. The summed E-state index contributed by atoms with van der Waals surface area (Å²) in [4.78, 5) is 19.8. The summed E-state index contributed by atoms with van der Waals surface area (Å²) in [5, 5.41) is 25.8. The average molecular weight is 329 g/mol. The first-order valence-corrected chi connectivity index (χ1v) is 6.83. The molecule has 9 heteroatoms. The van der Waals surface area contributed by atoms with E-state index in [2.05, 4.69) is 10.5 Å². The van der Waals surface area contributed by atoms with Gasteiger partial charge in [-0.1, -0.05) is 6.92 Å². The number of nitrogens with one attached hydrogen (secondary N) is 1. The Morgan fingerprint density at radius 3 is 2.36 bits per heavy atom. The van der Waals surface area contributed by atoms with Crippen molar-refractivity contribution in [3.8, 4) is 0 Å². The van der Waals surface area contributed by atoms with Gasteiger partial charge >= 0.3 is 5.69 Å². The van der Waals surface area contributed by atoms with Gasteiger partial charge in [-0.15, -0.1) is 11.6 Å². The third-order valence-electron chi connectivity index (χ3n) is 3.40. The van der Waals surface area contributed by atoms with Crippen LogP contribution in [0.4, 0.5) is 17.1 Å². The zero-order valence-corrected chi connectivity index (χ0v) is 13.4. The van der Waals surface area contributed by atoms with Crippen LogP contribution in [-0.2, 0) is 0 Å². The zero-order valence-electron chi connectivity index (χ0n) is 12.7. The molecule has 0 spiro atoms. The molecule has 0 bridgehead atoms. The van der Waals surface area contributed by atoms with Crippen LogP contribution < -0.4 is 5.43 Å². The van der Waals surface area contributed by atoms with Gasteiger partial charge in [-0.05, 0) is 26.8 Å². The Hall–Kier alpha value is -2.22. The smallest absolute Gasteiger partial charge is 0.272 e. The summed E-state index contributed by atoms with van der Waals surface area (Å²) >= 11 is 6.21. The van der Waals surface area contributed by atoms with E-state index in [0.29, 0.717) is 5.71 Å². The topological polar surface area (TPSA) is 111 Å². The number of benzene rings is 1. The van der Waals surface area contributed by atoms with Crippen LogP contribution in [0.15, 0.2) is 23.3 Å². The van der Waals surface area contributed by atoms with E-state index in [-0.39, 0.29) is 17.3 Å². The van der Waals surface area contributed by atoms with E-state index in [9.17, 15) is 20.2 Å². The molecule has 1 rings (SSSR count). The molecule has 0 saturated heterocycles. The normalized spacial score (nSPS) is 13.6. The molecule has 0 aliphatic rings. The van der Waals surface area contributed by atoms with Gasteiger partial charge in [0.25, 0.3) is 5.69 Å². The van der Waals surface area contributed by atoms with E-state index < -0.39 is 20.4 Å². The highest BCUT2D eigenvalue weighted by molar-refractivity contribution is 6.25. The molecular formula is C13H17ClN4O4. The van der Waals surface area contributed by atoms with Crippen LogP contribution in [0.5, 0.6) is 0 Å². The first-order chi connectivity index (χ1) is 10.0. The number of hydrogen-bond donors (Lipinski definition) is 1. The molecule has 1 aromatic carbocycles. The largest absolute Gasteiger partial charge is 0.301 e. The summed E-state index contributed by atoms with van der Waals surface area (Å²) in [6.45, 7) is 7.32. The fourth-order valence-corrected chi connectivity index (χ4v) is 1.78. The van der Waals surface area contributed by atoms with Crippen molar-refractivity contribution in [3.63, 3.8) is 0 Å². The number of nitrogens with zero attached hydrogens (tertiary/aromatic N) is 3. The predicted molar refractivity (Wildman–Crippen MR) is 85.6 cm³/mol. The molecule has 0 radical (unpaired) electrons. The molecule has 0 heterocycles. The molecule has 1 aromatic rings. The number of nitro groups is 2. The highest BCUT2D eigenvalue weighted by atomic mass is 35.5. The van der Waals surface area contributed by atoms with Gasteiger partial charge in [0.05, 0.1) is 15.9 Å². The van der Waals surface area contributed by atoms with Crippen LogP contribution >= 0.6 is 11.6 Å². The molecule has 1 unspecified atom stereocenters. The van der Waals surface area contributed by atoms with Gasteiger partial charge in [0.1, 0.15) is 5.69 Å². The molecule has 0 amide bonds. The SMILES string of the molecule is CC(=NNc1ccc([N+](=O)[O-])cc1[N+](=O)[O-])C(C)C(C)(C)Cl.